The van der Waals surface area contributed by atoms with Crippen LogP contribution in [0, 0.1) is 24.0 Å². The van der Waals surface area contributed by atoms with E-state index in [9.17, 15) is 19.7 Å². The van der Waals surface area contributed by atoms with Gasteiger partial charge in [0.1, 0.15) is 5.75 Å². The molecule has 2 N–H and O–H groups in total. The summed E-state index contributed by atoms with van der Waals surface area (Å²) in [5.41, 5.74) is 6.93. The van der Waals surface area contributed by atoms with Crippen molar-refractivity contribution >= 4 is 17.5 Å². The number of hydrogen-bond acceptors (Lipinski definition) is 5. The van der Waals surface area contributed by atoms with Gasteiger partial charge in [0.15, 0.2) is 6.61 Å². The van der Waals surface area contributed by atoms with Gasteiger partial charge in [0.25, 0.3) is 11.6 Å². The molecule has 0 heterocycles. The lowest BCUT2D eigenvalue weighted by Crippen LogP contribution is -2.44. The molecule has 26 heavy (non-hydrogen) atoms. The van der Waals surface area contributed by atoms with Crippen LogP contribution in [0.3, 0.4) is 0 Å². The van der Waals surface area contributed by atoms with Gasteiger partial charge in [-0.3, -0.25) is 30.6 Å². The summed E-state index contributed by atoms with van der Waals surface area (Å²) in [5.74, 6) is -0.302. The van der Waals surface area contributed by atoms with Crippen LogP contribution in [0.1, 0.15) is 16.7 Å². The molecule has 0 aliphatic carbocycles. The molecular weight excluding hydrogens is 338 g/mol. The molecule has 0 spiro atoms. The lowest BCUT2D eigenvalue weighted by molar-refractivity contribution is -0.384. The fraction of sp³-hybridized carbons (Fsp3) is 0.222. The zero-order valence-corrected chi connectivity index (χ0v) is 14.4. The van der Waals surface area contributed by atoms with E-state index >= 15 is 0 Å². The van der Waals surface area contributed by atoms with Gasteiger partial charge in [-0.2, -0.15) is 0 Å². The maximum atomic E-state index is 11.8. The molecule has 0 aliphatic heterocycles. The normalized spacial score (nSPS) is 10.1. The maximum Gasteiger partial charge on any atom is 0.276 e. The molecule has 2 rings (SSSR count). The summed E-state index contributed by atoms with van der Waals surface area (Å²) < 4.78 is 5.49. The standard InChI is InChI=1S/C18H19N3O5/c1-12-4-3-5-13(2)18(12)26-11-17(23)20-19-16(22)10-14-6-8-15(9-7-14)21(24)25/h3-9H,10-11H2,1-2H3,(H,19,22)(H,20,23). The molecule has 0 saturated carbocycles. The van der Waals surface area contributed by atoms with Crippen molar-refractivity contribution in [3.63, 3.8) is 0 Å². The molecule has 0 fully saturated rings. The van der Waals surface area contributed by atoms with Gasteiger partial charge in [-0.25, -0.2) is 0 Å². The average molecular weight is 357 g/mol. The molecule has 8 heteroatoms. The highest BCUT2D eigenvalue weighted by atomic mass is 16.6. The first-order valence-corrected chi connectivity index (χ1v) is 7.87. The first kappa shape index (κ1) is 18.9. The van der Waals surface area contributed by atoms with Crippen LogP contribution in [0.4, 0.5) is 5.69 Å². The molecule has 0 bridgehead atoms. The Kier molecular flexibility index (Phi) is 6.26. The van der Waals surface area contributed by atoms with Gasteiger partial charge >= 0.3 is 0 Å². The summed E-state index contributed by atoms with van der Waals surface area (Å²) in [5, 5.41) is 10.6. The van der Waals surface area contributed by atoms with E-state index < -0.39 is 16.7 Å². The summed E-state index contributed by atoms with van der Waals surface area (Å²) in [6.07, 6.45) is -0.0178. The molecule has 0 saturated heterocycles. The van der Waals surface area contributed by atoms with E-state index in [1.165, 1.54) is 24.3 Å². The summed E-state index contributed by atoms with van der Waals surface area (Å²) in [6, 6.07) is 11.3. The number of nitro groups is 1. The number of nitro benzene ring substituents is 1. The van der Waals surface area contributed by atoms with E-state index in [0.29, 0.717) is 11.3 Å². The van der Waals surface area contributed by atoms with Crippen LogP contribution in [-0.4, -0.2) is 23.3 Å². The average Bonchev–Trinajstić information content (AvgIpc) is 2.60. The number of hydrogen-bond donors (Lipinski definition) is 2. The Morgan fingerprint density at radius 2 is 1.58 bits per heavy atom. The van der Waals surface area contributed by atoms with Gasteiger partial charge in [-0.05, 0) is 30.5 Å². The number of benzene rings is 2. The molecular formula is C18H19N3O5. The third-order valence-electron chi connectivity index (χ3n) is 3.61. The number of nitrogens with zero attached hydrogens (tertiary/aromatic N) is 1. The van der Waals surface area contributed by atoms with Crippen LogP contribution in [0.5, 0.6) is 5.75 Å². The van der Waals surface area contributed by atoms with Crippen LogP contribution >= 0.6 is 0 Å². The van der Waals surface area contributed by atoms with Crippen molar-refractivity contribution < 1.29 is 19.2 Å². The van der Waals surface area contributed by atoms with Gasteiger partial charge in [-0.15, -0.1) is 0 Å². The van der Waals surface area contributed by atoms with E-state index in [1.807, 2.05) is 32.0 Å². The maximum absolute atomic E-state index is 11.8. The van der Waals surface area contributed by atoms with Crippen LogP contribution < -0.4 is 15.6 Å². The van der Waals surface area contributed by atoms with Crippen molar-refractivity contribution in [2.24, 2.45) is 0 Å². The van der Waals surface area contributed by atoms with Crippen LogP contribution in [0.25, 0.3) is 0 Å². The molecule has 2 aromatic carbocycles. The minimum absolute atomic E-state index is 0.0178. The van der Waals surface area contributed by atoms with E-state index in [0.717, 1.165) is 11.1 Å². The highest BCUT2D eigenvalue weighted by Gasteiger charge is 2.10. The highest BCUT2D eigenvalue weighted by Crippen LogP contribution is 2.21. The van der Waals surface area contributed by atoms with E-state index in [2.05, 4.69) is 10.9 Å². The summed E-state index contributed by atoms with van der Waals surface area (Å²) >= 11 is 0. The molecule has 0 unspecified atom stereocenters. The largest absolute Gasteiger partial charge is 0.483 e. The zero-order chi connectivity index (χ0) is 19.1. The Labute approximate surface area is 150 Å². The Morgan fingerprint density at radius 3 is 2.15 bits per heavy atom. The van der Waals surface area contributed by atoms with Crippen molar-refractivity contribution in [2.75, 3.05) is 6.61 Å². The second-order valence-electron chi connectivity index (χ2n) is 5.71. The first-order valence-electron chi connectivity index (χ1n) is 7.87. The van der Waals surface area contributed by atoms with Crippen LogP contribution in [0.2, 0.25) is 0 Å². The number of carbonyl (C=O) groups is 2. The van der Waals surface area contributed by atoms with E-state index in [4.69, 9.17) is 4.74 Å². The second-order valence-corrected chi connectivity index (χ2v) is 5.71. The number of rotatable bonds is 6. The lowest BCUT2D eigenvalue weighted by atomic mass is 10.1. The first-order chi connectivity index (χ1) is 12.4. The number of hydrazine groups is 1. The molecule has 2 aromatic rings. The number of amides is 2. The van der Waals surface area contributed by atoms with Crippen molar-refractivity contribution in [3.05, 3.63) is 69.3 Å². The SMILES string of the molecule is Cc1cccc(C)c1OCC(=O)NNC(=O)Cc1ccc([N+](=O)[O-])cc1. The number of non-ortho nitro benzene ring substituents is 1. The Balaban J connectivity index is 1.78. The molecule has 0 aromatic heterocycles. The van der Waals surface area contributed by atoms with E-state index in [1.54, 1.807) is 0 Å². The molecule has 8 nitrogen and oxygen atoms in total. The number of aryl methyl sites for hydroxylation is 2. The van der Waals surface area contributed by atoms with E-state index in [-0.39, 0.29) is 18.7 Å². The predicted molar refractivity (Wildman–Crippen MR) is 94.5 cm³/mol. The summed E-state index contributed by atoms with van der Waals surface area (Å²) in [6.45, 7) is 3.53. The predicted octanol–water partition coefficient (Wildman–Crippen LogP) is 1.98. The fourth-order valence-corrected chi connectivity index (χ4v) is 2.31. The number of ether oxygens (including phenoxy) is 1. The van der Waals surface area contributed by atoms with Crippen LogP contribution in [-0.2, 0) is 16.0 Å². The quantitative estimate of drug-likeness (QED) is 0.607. The number of para-hydroxylation sites is 1. The summed E-state index contributed by atoms with van der Waals surface area (Å²) in [7, 11) is 0. The molecule has 0 radical (unpaired) electrons. The Morgan fingerprint density at radius 1 is 1.00 bits per heavy atom. The minimum atomic E-state index is -0.514. The van der Waals surface area contributed by atoms with Crippen molar-refractivity contribution in [2.45, 2.75) is 20.3 Å². The minimum Gasteiger partial charge on any atom is -0.483 e. The molecule has 136 valence electrons. The number of carbonyl (C=O) groups excluding carboxylic acids is 2. The molecule has 0 atom stereocenters. The van der Waals surface area contributed by atoms with Crippen molar-refractivity contribution in [1.82, 2.24) is 10.9 Å². The van der Waals surface area contributed by atoms with Gasteiger partial charge < -0.3 is 4.74 Å². The van der Waals surface area contributed by atoms with Crippen molar-refractivity contribution in [1.29, 1.82) is 0 Å². The van der Waals surface area contributed by atoms with Gasteiger partial charge in [0.05, 0.1) is 11.3 Å². The smallest absolute Gasteiger partial charge is 0.276 e. The van der Waals surface area contributed by atoms with Crippen molar-refractivity contribution in [3.8, 4) is 5.75 Å². The number of nitrogens with one attached hydrogen (secondary N) is 2. The zero-order valence-electron chi connectivity index (χ0n) is 14.4. The third-order valence-corrected chi connectivity index (χ3v) is 3.61. The van der Waals surface area contributed by atoms with Gasteiger partial charge in [-0.1, -0.05) is 30.3 Å². The topological polar surface area (TPSA) is 111 Å². The third kappa shape index (κ3) is 5.30. The van der Waals surface area contributed by atoms with Crippen LogP contribution in [0.15, 0.2) is 42.5 Å². The second kappa shape index (κ2) is 8.61. The van der Waals surface area contributed by atoms with Gasteiger partial charge in [0.2, 0.25) is 5.91 Å². The monoisotopic (exact) mass is 357 g/mol. The summed E-state index contributed by atoms with van der Waals surface area (Å²) in [4.78, 5) is 33.7. The lowest BCUT2D eigenvalue weighted by Gasteiger charge is -2.12. The Bertz CT molecular complexity index is 798. The molecule has 2 amide bonds. The van der Waals surface area contributed by atoms with Gasteiger partial charge in [0, 0.05) is 12.1 Å². The highest BCUT2D eigenvalue weighted by molar-refractivity contribution is 5.83. The molecule has 0 aliphatic rings. The fourth-order valence-electron chi connectivity index (χ4n) is 2.31. The Hall–Kier alpha value is -3.42.